The van der Waals surface area contributed by atoms with E-state index in [9.17, 15) is 9.59 Å². The fraction of sp³-hybridized carbons (Fsp3) is 0.500. The molecule has 6 nitrogen and oxygen atoms in total. The number of aromatic nitrogens is 2. The number of carbonyl (C=O) groups is 2. The fourth-order valence-corrected chi connectivity index (χ4v) is 3.86. The van der Waals surface area contributed by atoms with E-state index in [2.05, 4.69) is 34.4 Å². The third kappa shape index (κ3) is 4.91. The molecule has 2 aromatic rings. The Morgan fingerprint density at radius 1 is 1.33 bits per heavy atom. The Hall–Kier alpha value is -2.28. The summed E-state index contributed by atoms with van der Waals surface area (Å²) in [7, 11) is 0. The maximum Gasteiger partial charge on any atom is 0.276 e. The quantitative estimate of drug-likeness (QED) is 0.750. The summed E-state index contributed by atoms with van der Waals surface area (Å²) in [4.78, 5) is 33.6. The van der Waals surface area contributed by atoms with Crippen LogP contribution in [-0.2, 0) is 4.79 Å². The maximum absolute atomic E-state index is 12.5. The van der Waals surface area contributed by atoms with E-state index in [-0.39, 0.29) is 23.8 Å². The summed E-state index contributed by atoms with van der Waals surface area (Å²) >= 11 is 1.41. The largest absolute Gasteiger partial charge is 0.347 e. The number of carbonyl (C=O) groups excluding carboxylic acids is 2. The van der Waals surface area contributed by atoms with Gasteiger partial charge in [0.05, 0.1) is 6.04 Å². The first kappa shape index (κ1) is 19.5. The molecule has 1 aliphatic rings. The minimum Gasteiger partial charge on any atom is -0.347 e. The van der Waals surface area contributed by atoms with E-state index in [4.69, 9.17) is 0 Å². The zero-order valence-corrected chi connectivity index (χ0v) is 16.8. The van der Waals surface area contributed by atoms with Crippen molar-refractivity contribution < 1.29 is 9.59 Å². The minimum atomic E-state index is -0.284. The smallest absolute Gasteiger partial charge is 0.276 e. The van der Waals surface area contributed by atoms with Crippen molar-refractivity contribution in [1.29, 1.82) is 0 Å². The average Bonchev–Trinajstić information content (AvgIpc) is 3.04. The molecule has 2 aromatic heterocycles. The van der Waals surface area contributed by atoms with Gasteiger partial charge in [-0.25, -0.2) is 9.97 Å². The van der Waals surface area contributed by atoms with Gasteiger partial charge in [0.2, 0.25) is 5.91 Å². The van der Waals surface area contributed by atoms with Crippen molar-refractivity contribution in [1.82, 2.24) is 15.3 Å². The van der Waals surface area contributed by atoms with Crippen molar-refractivity contribution in [2.75, 3.05) is 5.32 Å². The Kier molecular flexibility index (Phi) is 6.21. The van der Waals surface area contributed by atoms with Gasteiger partial charge in [-0.3, -0.25) is 9.59 Å². The van der Waals surface area contributed by atoms with Crippen LogP contribution in [0.2, 0.25) is 0 Å². The molecule has 7 heteroatoms. The standard InChI is InChI=1S/C20H26N4O2S/c1-12(2)10-15(22-18(25)14-7-4-8-14)20-23-16(11-27-20)19(26)24-17-13(3)6-5-9-21-17/h5-6,9,11-12,14-15H,4,7-8,10H2,1-3H3,(H,22,25)(H,21,24,26)/t15-/m1/s1. The highest BCUT2D eigenvalue weighted by molar-refractivity contribution is 7.10. The number of hydrogen-bond acceptors (Lipinski definition) is 5. The zero-order valence-electron chi connectivity index (χ0n) is 16.0. The van der Waals surface area contributed by atoms with Crippen LogP contribution in [-0.4, -0.2) is 21.8 Å². The predicted octanol–water partition coefficient (Wildman–Crippen LogP) is 4.10. The van der Waals surface area contributed by atoms with Gasteiger partial charge in [-0.05, 0) is 43.7 Å². The van der Waals surface area contributed by atoms with Gasteiger partial charge in [0.1, 0.15) is 16.5 Å². The van der Waals surface area contributed by atoms with Crippen molar-refractivity contribution >= 4 is 29.0 Å². The van der Waals surface area contributed by atoms with E-state index >= 15 is 0 Å². The number of nitrogens with one attached hydrogen (secondary N) is 2. The molecule has 0 saturated heterocycles. The van der Waals surface area contributed by atoms with Gasteiger partial charge in [0.15, 0.2) is 0 Å². The number of nitrogens with zero attached hydrogens (tertiary/aromatic N) is 2. The highest BCUT2D eigenvalue weighted by atomic mass is 32.1. The summed E-state index contributed by atoms with van der Waals surface area (Å²) in [6.07, 6.45) is 5.50. The van der Waals surface area contributed by atoms with Gasteiger partial charge in [-0.2, -0.15) is 0 Å². The van der Waals surface area contributed by atoms with E-state index in [1.165, 1.54) is 11.3 Å². The van der Waals surface area contributed by atoms with Crippen LogP contribution in [0.25, 0.3) is 0 Å². The van der Waals surface area contributed by atoms with E-state index in [0.29, 0.717) is 17.4 Å². The van der Waals surface area contributed by atoms with Crippen molar-refractivity contribution in [2.24, 2.45) is 11.8 Å². The second-order valence-corrected chi connectivity index (χ2v) is 8.40. The minimum absolute atomic E-state index is 0.109. The summed E-state index contributed by atoms with van der Waals surface area (Å²) in [6.45, 7) is 6.13. The number of anilines is 1. The molecule has 0 aliphatic heterocycles. The van der Waals surface area contributed by atoms with Gasteiger partial charge in [-0.15, -0.1) is 11.3 Å². The first-order chi connectivity index (χ1) is 12.9. The van der Waals surface area contributed by atoms with Crippen LogP contribution < -0.4 is 10.6 Å². The highest BCUT2D eigenvalue weighted by Gasteiger charge is 2.29. The predicted molar refractivity (Wildman–Crippen MR) is 107 cm³/mol. The molecule has 2 heterocycles. The summed E-state index contributed by atoms with van der Waals surface area (Å²) in [6, 6.07) is 3.57. The summed E-state index contributed by atoms with van der Waals surface area (Å²) < 4.78 is 0. The van der Waals surface area contributed by atoms with Gasteiger partial charge in [0.25, 0.3) is 5.91 Å². The SMILES string of the molecule is Cc1cccnc1NC(=O)c1csc([C@@H](CC(C)C)NC(=O)C2CCC2)n1. The molecule has 27 heavy (non-hydrogen) atoms. The summed E-state index contributed by atoms with van der Waals surface area (Å²) in [5, 5.41) is 8.47. The molecule has 2 N–H and O–H groups in total. The summed E-state index contributed by atoms with van der Waals surface area (Å²) in [5.41, 5.74) is 1.25. The molecule has 0 radical (unpaired) electrons. The Labute approximate surface area is 163 Å². The van der Waals surface area contributed by atoms with Crippen LogP contribution in [0.4, 0.5) is 5.82 Å². The number of hydrogen-bond donors (Lipinski definition) is 2. The first-order valence-corrected chi connectivity index (χ1v) is 10.3. The molecule has 144 valence electrons. The van der Waals surface area contributed by atoms with E-state index < -0.39 is 0 Å². The molecule has 0 unspecified atom stereocenters. The Balaban J connectivity index is 1.71. The van der Waals surface area contributed by atoms with Crippen LogP contribution in [0, 0.1) is 18.8 Å². The second-order valence-electron chi connectivity index (χ2n) is 7.51. The normalized spacial score (nSPS) is 15.3. The first-order valence-electron chi connectivity index (χ1n) is 9.42. The van der Waals surface area contributed by atoms with Crippen LogP contribution in [0.5, 0.6) is 0 Å². The van der Waals surface area contributed by atoms with E-state index in [1.807, 2.05) is 19.1 Å². The van der Waals surface area contributed by atoms with Crippen LogP contribution in [0.15, 0.2) is 23.7 Å². The lowest BCUT2D eigenvalue weighted by atomic mass is 9.84. The molecule has 1 fully saturated rings. The fourth-order valence-electron chi connectivity index (χ4n) is 2.99. The molecule has 0 aromatic carbocycles. The lowest BCUT2D eigenvalue weighted by Gasteiger charge is -2.27. The third-order valence-electron chi connectivity index (χ3n) is 4.79. The molecular formula is C20H26N4O2S. The Morgan fingerprint density at radius 3 is 2.74 bits per heavy atom. The zero-order chi connectivity index (χ0) is 19.4. The number of pyridine rings is 1. The monoisotopic (exact) mass is 386 g/mol. The maximum atomic E-state index is 12.5. The molecule has 0 bridgehead atoms. The Morgan fingerprint density at radius 2 is 2.11 bits per heavy atom. The molecule has 2 amide bonds. The number of aryl methyl sites for hydroxylation is 1. The van der Waals surface area contributed by atoms with E-state index in [0.717, 1.165) is 36.3 Å². The van der Waals surface area contributed by atoms with E-state index in [1.54, 1.807) is 11.6 Å². The molecule has 1 atom stereocenters. The third-order valence-corrected chi connectivity index (χ3v) is 5.75. The molecule has 1 saturated carbocycles. The van der Waals surface area contributed by atoms with Gasteiger partial charge >= 0.3 is 0 Å². The topological polar surface area (TPSA) is 84.0 Å². The second kappa shape index (κ2) is 8.61. The molecule has 0 spiro atoms. The van der Waals surface area contributed by atoms with Crippen molar-refractivity contribution in [3.63, 3.8) is 0 Å². The van der Waals surface area contributed by atoms with Crippen molar-refractivity contribution in [3.05, 3.63) is 40.0 Å². The molecular weight excluding hydrogens is 360 g/mol. The van der Waals surface area contributed by atoms with Crippen LogP contribution >= 0.6 is 11.3 Å². The van der Waals surface area contributed by atoms with Gasteiger partial charge < -0.3 is 10.6 Å². The summed E-state index contributed by atoms with van der Waals surface area (Å²) in [5.74, 6) is 0.905. The van der Waals surface area contributed by atoms with Crippen LogP contribution in [0.3, 0.4) is 0 Å². The molecule has 1 aliphatic carbocycles. The Bertz CT molecular complexity index is 814. The lowest BCUT2D eigenvalue weighted by molar-refractivity contribution is -0.128. The lowest BCUT2D eigenvalue weighted by Crippen LogP contribution is -2.37. The van der Waals surface area contributed by atoms with Crippen molar-refractivity contribution in [3.8, 4) is 0 Å². The van der Waals surface area contributed by atoms with Gasteiger partial charge in [0, 0.05) is 17.5 Å². The highest BCUT2D eigenvalue weighted by Crippen LogP contribution is 2.30. The van der Waals surface area contributed by atoms with Crippen LogP contribution in [0.1, 0.15) is 66.6 Å². The molecule has 3 rings (SSSR count). The van der Waals surface area contributed by atoms with Gasteiger partial charge in [-0.1, -0.05) is 26.3 Å². The van der Waals surface area contributed by atoms with Crippen molar-refractivity contribution in [2.45, 2.75) is 52.5 Å². The number of rotatable bonds is 7. The number of amides is 2. The number of thiazole rings is 1. The average molecular weight is 387 g/mol.